The molecule has 1 heterocycles. The molecule has 0 aliphatic rings. The maximum atomic E-state index is 11.1. The Kier molecular flexibility index (Phi) is 4.46. The lowest BCUT2D eigenvalue weighted by Crippen LogP contribution is -2.01. The number of ether oxygens (including phenoxy) is 1. The molecule has 0 amide bonds. The van der Waals surface area contributed by atoms with Crippen LogP contribution in [0.15, 0.2) is 27.1 Å². The molecule has 0 aliphatic heterocycles. The second-order valence-corrected chi connectivity index (χ2v) is 5.60. The van der Waals surface area contributed by atoms with Gasteiger partial charge in [-0.2, -0.15) is 4.98 Å². The Morgan fingerprint density at radius 2 is 2.32 bits per heavy atom. The van der Waals surface area contributed by atoms with E-state index in [1.165, 1.54) is 0 Å². The minimum Gasteiger partial charge on any atom is -0.476 e. The number of hydrogen-bond acceptors (Lipinski definition) is 4. The summed E-state index contributed by atoms with van der Waals surface area (Å²) >= 11 is 5.49. The van der Waals surface area contributed by atoms with Gasteiger partial charge in [-0.15, -0.1) is 0 Å². The van der Waals surface area contributed by atoms with Crippen LogP contribution in [0.1, 0.15) is 17.4 Å². The minimum absolute atomic E-state index is 0.0687. The number of rotatable bonds is 4. The molecule has 0 bridgehead atoms. The molecule has 0 saturated carbocycles. The predicted molar refractivity (Wildman–Crippen MR) is 80.5 cm³/mol. The highest BCUT2D eigenvalue weighted by atomic mass is 127. The summed E-state index contributed by atoms with van der Waals surface area (Å²) in [5, 5.41) is 9.06. The van der Waals surface area contributed by atoms with Crippen molar-refractivity contribution in [3.8, 4) is 17.4 Å². The molecule has 0 saturated heterocycles. The van der Waals surface area contributed by atoms with Crippen molar-refractivity contribution in [2.24, 2.45) is 0 Å². The summed E-state index contributed by atoms with van der Waals surface area (Å²) in [4.78, 5) is 15.1. The van der Waals surface area contributed by atoms with Crippen molar-refractivity contribution in [1.29, 1.82) is 0 Å². The van der Waals surface area contributed by atoms with Gasteiger partial charge in [0.25, 0.3) is 0 Å². The van der Waals surface area contributed by atoms with Gasteiger partial charge in [0.1, 0.15) is 0 Å². The molecular weight excluding hydrogens is 429 g/mol. The Morgan fingerprint density at radius 1 is 1.58 bits per heavy atom. The fraction of sp³-hybridized carbons (Fsp3) is 0.167. The van der Waals surface area contributed by atoms with Crippen molar-refractivity contribution in [1.82, 2.24) is 4.98 Å². The number of nitrogens with zero attached hydrogens (tertiary/aromatic N) is 1. The van der Waals surface area contributed by atoms with E-state index < -0.39 is 5.97 Å². The van der Waals surface area contributed by atoms with E-state index in [1.54, 1.807) is 6.92 Å². The van der Waals surface area contributed by atoms with Crippen molar-refractivity contribution in [2.45, 2.75) is 6.92 Å². The SMILES string of the molecule is CCOc1oc(-c2cc(Br)ccc2I)nc1C(=O)O. The van der Waals surface area contributed by atoms with E-state index >= 15 is 0 Å². The summed E-state index contributed by atoms with van der Waals surface area (Å²) in [6.45, 7) is 2.06. The van der Waals surface area contributed by atoms with Gasteiger partial charge in [-0.05, 0) is 47.7 Å². The first-order valence-corrected chi connectivity index (χ1v) is 7.22. The van der Waals surface area contributed by atoms with Gasteiger partial charge in [0, 0.05) is 8.04 Å². The lowest BCUT2D eigenvalue weighted by atomic mass is 10.2. The highest BCUT2D eigenvalue weighted by Gasteiger charge is 2.22. The van der Waals surface area contributed by atoms with E-state index in [9.17, 15) is 4.79 Å². The zero-order valence-corrected chi connectivity index (χ0v) is 13.6. The lowest BCUT2D eigenvalue weighted by Gasteiger charge is -2.00. The second-order valence-electron chi connectivity index (χ2n) is 3.52. The van der Waals surface area contributed by atoms with Crippen LogP contribution in [0.4, 0.5) is 0 Å². The normalized spacial score (nSPS) is 10.5. The van der Waals surface area contributed by atoms with Gasteiger partial charge in [-0.3, -0.25) is 0 Å². The highest BCUT2D eigenvalue weighted by molar-refractivity contribution is 14.1. The van der Waals surface area contributed by atoms with Gasteiger partial charge in [-0.25, -0.2) is 4.79 Å². The number of carboxylic acid groups (broad SMARTS) is 1. The standard InChI is InChI=1S/C12H9BrINO4/c1-2-18-12-9(11(16)17)15-10(19-12)7-5-6(13)3-4-8(7)14/h3-5H,2H2,1H3,(H,16,17). The second kappa shape index (κ2) is 5.91. The molecule has 1 N–H and O–H groups in total. The first-order chi connectivity index (χ1) is 9.02. The Morgan fingerprint density at radius 3 is 2.95 bits per heavy atom. The first-order valence-electron chi connectivity index (χ1n) is 5.35. The maximum absolute atomic E-state index is 11.1. The number of hydrogen-bond donors (Lipinski definition) is 1. The summed E-state index contributed by atoms with van der Waals surface area (Å²) in [5.74, 6) is -1.02. The monoisotopic (exact) mass is 437 g/mol. The zero-order chi connectivity index (χ0) is 14.0. The van der Waals surface area contributed by atoms with Crippen LogP contribution in [0.25, 0.3) is 11.5 Å². The summed E-state index contributed by atoms with van der Waals surface area (Å²) in [7, 11) is 0. The van der Waals surface area contributed by atoms with Crippen LogP contribution in [0, 0.1) is 3.57 Å². The zero-order valence-electron chi connectivity index (χ0n) is 9.81. The first kappa shape index (κ1) is 14.3. The van der Waals surface area contributed by atoms with Gasteiger partial charge < -0.3 is 14.3 Å². The Labute approximate surface area is 131 Å². The average Bonchev–Trinajstić information content (AvgIpc) is 2.77. The fourth-order valence-corrected chi connectivity index (χ4v) is 2.37. The lowest BCUT2D eigenvalue weighted by molar-refractivity contribution is 0.0683. The predicted octanol–water partition coefficient (Wildman–Crippen LogP) is 3.81. The van der Waals surface area contributed by atoms with Gasteiger partial charge in [-0.1, -0.05) is 15.9 Å². The largest absolute Gasteiger partial charge is 0.476 e. The van der Waals surface area contributed by atoms with E-state index in [-0.39, 0.29) is 17.5 Å². The summed E-state index contributed by atoms with van der Waals surface area (Å²) in [5.41, 5.74) is 0.496. The quantitative estimate of drug-likeness (QED) is 0.736. The molecule has 7 heteroatoms. The molecule has 0 atom stereocenters. The van der Waals surface area contributed by atoms with Crippen LogP contribution >= 0.6 is 38.5 Å². The molecule has 2 rings (SSSR count). The molecule has 0 unspecified atom stereocenters. The molecule has 1 aromatic carbocycles. The van der Waals surface area contributed by atoms with Crippen LogP contribution in [0.5, 0.6) is 5.95 Å². The third-order valence-electron chi connectivity index (χ3n) is 2.23. The third kappa shape index (κ3) is 3.08. The van der Waals surface area contributed by atoms with E-state index in [0.29, 0.717) is 12.2 Å². The van der Waals surface area contributed by atoms with E-state index in [2.05, 4.69) is 43.5 Å². The van der Waals surface area contributed by atoms with E-state index in [0.717, 1.165) is 8.04 Å². The van der Waals surface area contributed by atoms with Crippen molar-refractivity contribution in [3.05, 3.63) is 31.9 Å². The molecule has 19 heavy (non-hydrogen) atoms. The van der Waals surface area contributed by atoms with Crippen LogP contribution in [0.3, 0.4) is 0 Å². The smallest absolute Gasteiger partial charge is 0.362 e. The fourth-order valence-electron chi connectivity index (χ4n) is 1.45. The van der Waals surface area contributed by atoms with Crippen LogP contribution < -0.4 is 4.74 Å². The summed E-state index contributed by atoms with van der Waals surface area (Å²) in [6, 6.07) is 5.58. The van der Waals surface area contributed by atoms with E-state index in [4.69, 9.17) is 14.3 Å². The molecule has 2 aromatic rings. The molecule has 0 radical (unpaired) electrons. The molecule has 100 valence electrons. The number of benzene rings is 1. The van der Waals surface area contributed by atoms with Gasteiger partial charge >= 0.3 is 11.9 Å². The number of carboxylic acids is 1. The van der Waals surface area contributed by atoms with E-state index in [1.807, 2.05) is 18.2 Å². The van der Waals surface area contributed by atoms with Crippen LogP contribution in [-0.4, -0.2) is 22.7 Å². The Bertz CT molecular complexity index is 626. The van der Waals surface area contributed by atoms with Crippen molar-refractivity contribution < 1.29 is 19.1 Å². The van der Waals surface area contributed by atoms with Gasteiger partial charge in [0.05, 0.1) is 12.2 Å². The number of carbonyl (C=O) groups is 1. The molecule has 0 fully saturated rings. The van der Waals surface area contributed by atoms with Gasteiger partial charge in [0.15, 0.2) is 0 Å². The summed E-state index contributed by atoms with van der Waals surface area (Å²) in [6.07, 6.45) is 0. The minimum atomic E-state index is -1.18. The molecular formula is C12H9BrINO4. The number of aromatic carboxylic acids is 1. The number of oxazole rings is 1. The van der Waals surface area contributed by atoms with Crippen molar-refractivity contribution in [2.75, 3.05) is 6.61 Å². The van der Waals surface area contributed by atoms with Crippen molar-refractivity contribution in [3.63, 3.8) is 0 Å². The molecule has 0 aliphatic carbocycles. The number of halogens is 2. The highest BCUT2D eigenvalue weighted by Crippen LogP contribution is 2.32. The average molecular weight is 438 g/mol. The maximum Gasteiger partial charge on any atom is 0.362 e. The number of aromatic nitrogens is 1. The molecule has 5 nitrogen and oxygen atoms in total. The molecule has 0 spiro atoms. The van der Waals surface area contributed by atoms with Gasteiger partial charge in [0.2, 0.25) is 11.6 Å². The summed E-state index contributed by atoms with van der Waals surface area (Å²) < 4.78 is 12.3. The third-order valence-corrected chi connectivity index (χ3v) is 3.67. The topological polar surface area (TPSA) is 72.6 Å². The van der Waals surface area contributed by atoms with Crippen LogP contribution in [-0.2, 0) is 0 Å². The van der Waals surface area contributed by atoms with Crippen LogP contribution in [0.2, 0.25) is 0 Å². The molecule has 1 aromatic heterocycles. The Balaban J connectivity index is 2.53. The Hall–Kier alpha value is -1.09. The van der Waals surface area contributed by atoms with Crippen molar-refractivity contribution >= 4 is 44.5 Å².